The number of amides is 1. The standard InChI is InChI=1S/C24H26N4O2/c1-17(20-6-5-7-21(16-20)30-2)25-24(29)19-10-8-18(9-11-19)22-12-13-23(27-26-22)28-14-3-4-15-28/h5-13,16-17H,3-4,14-15H2,1-2H3,(H,25,29)/t17-/m0/s1. The van der Waals surface area contributed by atoms with E-state index in [4.69, 9.17) is 4.74 Å². The second-order valence-electron chi connectivity index (χ2n) is 7.52. The Morgan fingerprint density at radius 3 is 2.47 bits per heavy atom. The Bertz CT molecular complexity index is 996. The quantitative estimate of drug-likeness (QED) is 0.668. The molecule has 6 nitrogen and oxygen atoms in total. The molecule has 1 saturated heterocycles. The molecule has 4 rings (SSSR count). The van der Waals surface area contributed by atoms with Crippen molar-refractivity contribution in [2.75, 3.05) is 25.1 Å². The van der Waals surface area contributed by atoms with Crippen molar-refractivity contribution >= 4 is 11.7 Å². The number of hydrogen-bond donors (Lipinski definition) is 1. The highest BCUT2D eigenvalue weighted by Gasteiger charge is 2.15. The van der Waals surface area contributed by atoms with Crippen molar-refractivity contribution in [3.8, 4) is 17.0 Å². The lowest BCUT2D eigenvalue weighted by Gasteiger charge is -2.16. The van der Waals surface area contributed by atoms with E-state index in [9.17, 15) is 4.79 Å². The summed E-state index contributed by atoms with van der Waals surface area (Å²) in [5.74, 6) is 1.58. The maximum absolute atomic E-state index is 12.6. The summed E-state index contributed by atoms with van der Waals surface area (Å²) in [6.07, 6.45) is 2.42. The minimum absolute atomic E-state index is 0.118. The summed E-state index contributed by atoms with van der Waals surface area (Å²) < 4.78 is 5.26. The van der Waals surface area contributed by atoms with Crippen LogP contribution in [0.5, 0.6) is 5.75 Å². The monoisotopic (exact) mass is 402 g/mol. The molecule has 1 aliphatic rings. The topological polar surface area (TPSA) is 67.3 Å². The van der Waals surface area contributed by atoms with Gasteiger partial charge in [-0.25, -0.2) is 0 Å². The molecule has 2 aromatic carbocycles. The number of methoxy groups -OCH3 is 1. The fraction of sp³-hybridized carbons (Fsp3) is 0.292. The Morgan fingerprint density at radius 1 is 1.03 bits per heavy atom. The van der Waals surface area contributed by atoms with Crippen LogP contribution in [-0.2, 0) is 0 Å². The number of carbonyl (C=O) groups excluding carboxylic acids is 1. The predicted octanol–water partition coefficient (Wildman–Crippen LogP) is 4.24. The molecule has 0 spiro atoms. The van der Waals surface area contributed by atoms with Gasteiger partial charge < -0.3 is 15.0 Å². The summed E-state index contributed by atoms with van der Waals surface area (Å²) in [4.78, 5) is 14.9. The molecule has 1 aromatic heterocycles. The van der Waals surface area contributed by atoms with E-state index in [0.717, 1.165) is 41.5 Å². The molecular formula is C24H26N4O2. The maximum atomic E-state index is 12.6. The molecule has 3 aromatic rings. The Balaban J connectivity index is 1.41. The molecule has 0 aliphatic carbocycles. The number of ether oxygens (including phenoxy) is 1. The predicted molar refractivity (Wildman–Crippen MR) is 118 cm³/mol. The molecular weight excluding hydrogens is 376 g/mol. The summed E-state index contributed by atoms with van der Waals surface area (Å²) in [6, 6.07) is 19.0. The zero-order chi connectivity index (χ0) is 20.9. The average molecular weight is 402 g/mol. The number of nitrogens with one attached hydrogen (secondary N) is 1. The van der Waals surface area contributed by atoms with Gasteiger partial charge in [0.15, 0.2) is 5.82 Å². The van der Waals surface area contributed by atoms with Crippen LogP contribution in [0.2, 0.25) is 0 Å². The second-order valence-corrected chi connectivity index (χ2v) is 7.52. The second kappa shape index (κ2) is 8.95. The van der Waals surface area contributed by atoms with Gasteiger partial charge >= 0.3 is 0 Å². The molecule has 1 fully saturated rings. The number of anilines is 1. The van der Waals surface area contributed by atoms with Gasteiger partial charge in [-0.2, -0.15) is 0 Å². The van der Waals surface area contributed by atoms with Crippen molar-refractivity contribution in [3.63, 3.8) is 0 Å². The third kappa shape index (κ3) is 4.43. The van der Waals surface area contributed by atoms with Crippen LogP contribution in [0.15, 0.2) is 60.7 Å². The van der Waals surface area contributed by atoms with Crippen LogP contribution in [0, 0.1) is 0 Å². The highest BCUT2D eigenvalue weighted by atomic mass is 16.5. The van der Waals surface area contributed by atoms with Gasteiger partial charge in [-0.3, -0.25) is 4.79 Å². The smallest absolute Gasteiger partial charge is 0.251 e. The van der Waals surface area contributed by atoms with E-state index in [-0.39, 0.29) is 11.9 Å². The highest BCUT2D eigenvalue weighted by molar-refractivity contribution is 5.94. The first-order chi connectivity index (χ1) is 14.6. The molecule has 154 valence electrons. The molecule has 1 atom stereocenters. The molecule has 0 saturated carbocycles. The Kier molecular flexibility index (Phi) is 5.93. The summed E-state index contributed by atoms with van der Waals surface area (Å²) in [5, 5.41) is 11.8. The van der Waals surface area contributed by atoms with Crippen LogP contribution < -0.4 is 15.0 Å². The number of carbonyl (C=O) groups is 1. The van der Waals surface area contributed by atoms with Crippen molar-refractivity contribution in [1.82, 2.24) is 15.5 Å². The number of rotatable bonds is 6. The fourth-order valence-electron chi connectivity index (χ4n) is 3.66. The number of aromatic nitrogens is 2. The van der Waals surface area contributed by atoms with Gasteiger partial charge in [0.25, 0.3) is 5.91 Å². The number of hydrogen-bond acceptors (Lipinski definition) is 5. The van der Waals surface area contributed by atoms with Crippen LogP contribution in [0.3, 0.4) is 0 Å². The number of benzene rings is 2. The summed E-state index contributed by atoms with van der Waals surface area (Å²) >= 11 is 0. The highest BCUT2D eigenvalue weighted by Crippen LogP contribution is 2.22. The Labute approximate surface area is 176 Å². The van der Waals surface area contributed by atoms with Gasteiger partial charge in [0.05, 0.1) is 18.8 Å². The molecule has 1 N–H and O–H groups in total. The first-order valence-corrected chi connectivity index (χ1v) is 10.3. The van der Waals surface area contributed by atoms with E-state index in [2.05, 4.69) is 20.4 Å². The Hall–Kier alpha value is -3.41. The van der Waals surface area contributed by atoms with Crippen molar-refractivity contribution < 1.29 is 9.53 Å². The largest absolute Gasteiger partial charge is 0.497 e. The van der Waals surface area contributed by atoms with Crippen molar-refractivity contribution in [2.45, 2.75) is 25.8 Å². The van der Waals surface area contributed by atoms with Crippen LogP contribution in [0.4, 0.5) is 5.82 Å². The third-order valence-corrected chi connectivity index (χ3v) is 5.46. The lowest BCUT2D eigenvalue weighted by atomic mass is 10.1. The van der Waals surface area contributed by atoms with E-state index >= 15 is 0 Å². The summed E-state index contributed by atoms with van der Waals surface area (Å²) in [6.45, 7) is 4.05. The fourth-order valence-corrected chi connectivity index (χ4v) is 3.66. The van der Waals surface area contributed by atoms with E-state index in [1.54, 1.807) is 7.11 Å². The van der Waals surface area contributed by atoms with E-state index in [1.807, 2.05) is 67.6 Å². The first kappa shape index (κ1) is 19.9. The summed E-state index contributed by atoms with van der Waals surface area (Å²) in [5.41, 5.74) is 3.34. The van der Waals surface area contributed by atoms with Crippen LogP contribution in [-0.4, -0.2) is 36.3 Å². The molecule has 1 amide bonds. The zero-order valence-corrected chi connectivity index (χ0v) is 17.3. The molecule has 1 aliphatic heterocycles. The van der Waals surface area contributed by atoms with Crippen molar-refractivity contribution in [3.05, 3.63) is 71.8 Å². The molecule has 0 unspecified atom stereocenters. The van der Waals surface area contributed by atoms with Gasteiger partial charge in [-0.05, 0) is 61.7 Å². The van der Waals surface area contributed by atoms with Crippen molar-refractivity contribution in [2.24, 2.45) is 0 Å². The minimum atomic E-state index is -0.128. The number of nitrogens with zero attached hydrogens (tertiary/aromatic N) is 3. The lowest BCUT2D eigenvalue weighted by molar-refractivity contribution is 0.0940. The van der Waals surface area contributed by atoms with Gasteiger partial charge in [0.1, 0.15) is 5.75 Å². The maximum Gasteiger partial charge on any atom is 0.251 e. The van der Waals surface area contributed by atoms with E-state index in [0.29, 0.717) is 5.56 Å². The van der Waals surface area contributed by atoms with Crippen LogP contribution in [0.25, 0.3) is 11.3 Å². The average Bonchev–Trinajstić information content (AvgIpc) is 3.34. The zero-order valence-electron chi connectivity index (χ0n) is 17.3. The molecule has 6 heteroatoms. The van der Waals surface area contributed by atoms with Gasteiger partial charge in [0, 0.05) is 24.2 Å². The van der Waals surface area contributed by atoms with Gasteiger partial charge in [-0.15, -0.1) is 10.2 Å². The van der Waals surface area contributed by atoms with Gasteiger partial charge in [0.2, 0.25) is 0 Å². The van der Waals surface area contributed by atoms with E-state index in [1.165, 1.54) is 12.8 Å². The van der Waals surface area contributed by atoms with Gasteiger partial charge in [-0.1, -0.05) is 24.3 Å². The molecule has 0 radical (unpaired) electrons. The Morgan fingerprint density at radius 2 is 1.80 bits per heavy atom. The summed E-state index contributed by atoms with van der Waals surface area (Å²) in [7, 11) is 1.63. The van der Waals surface area contributed by atoms with E-state index < -0.39 is 0 Å². The molecule has 2 heterocycles. The van der Waals surface area contributed by atoms with Crippen LogP contribution >= 0.6 is 0 Å². The van der Waals surface area contributed by atoms with Crippen LogP contribution in [0.1, 0.15) is 41.7 Å². The minimum Gasteiger partial charge on any atom is -0.497 e. The molecule has 30 heavy (non-hydrogen) atoms. The van der Waals surface area contributed by atoms with Crippen molar-refractivity contribution in [1.29, 1.82) is 0 Å². The first-order valence-electron chi connectivity index (χ1n) is 10.3. The third-order valence-electron chi connectivity index (χ3n) is 5.46. The lowest BCUT2D eigenvalue weighted by Crippen LogP contribution is -2.26. The normalized spacial score (nSPS) is 14.4. The SMILES string of the molecule is COc1cccc([C@H](C)NC(=O)c2ccc(-c3ccc(N4CCCC4)nn3)cc2)c1. The molecule has 0 bridgehead atoms.